The Labute approximate surface area is 126 Å². The van der Waals surface area contributed by atoms with Gasteiger partial charge in [0.25, 0.3) is 0 Å². The molecule has 0 heteroatoms. The minimum absolute atomic E-state index is 0.742. The molecule has 0 aliphatic heterocycles. The predicted octanol–water partition coefficient (Wildman–Crippen LogP) is 6.00. The summed E-state index contributed by atoms with van der Waals surface area (Å²) in [5.74, 6) is 5.90. The molecule has 0 N–H and O–H groups in total. The minimum Gasteiger partial charge on any atom is -0.120 e. The molecule has 1 rings (SSSR count). The van der Waals surface area contributed by atoms with Crippen molar-refractivity contribution >= 4 is 0 Å². The monoisotopic (exact) mass is 272 g/mol. The third-order valence-electron chi connectivity index (χ3n) is 5.09. The summed E-state index contributed by atoms with van der Waals surface area (Å²) in [7, 11) is 0. The van der Waals surface area contributed by atoms with Gasteiger partial charge >= 0.3 is 0 Å². The van der Waals surface area contributed by atoms with E-state index in [9.17, 15) is 0 Å². The Morgan fingerprint density at radius 1 is 1.25 bits per heavy atom. The largest absolute Gasteiger partial charge is 0.120 e. The summed E-state index contributed by atoms with van der Waals surface area (Å²) < 4.78 is 0. The SMILES string of the molecule is C#CCCC1CC(C(=C)CC(C)C(C)CCC(=C)C)C1. The van der Waals surface area contributed by atoms with Crippen molar-refractivity contribution in [3.8, 4) is 12.3 Å². The topological polar surface area (TPSA) is 0 Å². The fourth-order valence-electron chi connectivity index (χ4n) is 3.13. The summed E-state index contributed by atoms with van der Waals surface area (Å²) in [4.78, 5) is 0. The standard InChI is InChI=1S/C20H32/c1-7-8-9-19-13-20(14-19)18(6)12-17(5)16(4)11-10-15(2)3/h1,16-17,19-20H,2,6,8-14H2,3-5H3. The van der Waals surface area contributed by atoms with E-state index in [0.29, 0.717) is 0 Å². The van der Waals surface area contributed by atoms with Gasteiger partial charge < -0.3 is 0 Å². The fraction of sp³-hybridized carbons (Fsp3) is 0.700. The van der Waals surface area contributed by atoms with Crippen molar-refractivity contribution in [3.05, 3.63) is 24.3 Å². The molecule has 1 fully saturated rings. The summed E-state index contributed by atoms with van der Waals surface area (Å²) >= 11 is 0. The average Bonchev–Trinajstić information content (AvgIpc) is 2.33. The van der Waals surface area contributed by atoms with Gasteiger partial charge in [0, 0.05) is 6.42 Å². The molecule has 1 aliphatic carbocycles. The van der Waals surface area contributed by atoms with E-state index < -0.39 is 0 Å². The van der Waals surface area contributed by atoms with Crippen LogP contribution in [-0.2, 0) is 0 Å². The molecule has 0 saturated heterocycles. The molecule has 1 aliphatic rings. The highest BCUT2D eigenvalue weighted by Gasteiger charge is 2.31. The Balaban J connectivity index is 2.22. The summed E-state index contributed by atoms with van der Waals surface area (Å²) in [5, 5.41) is 0. The van der Waals surface area contributed by atoms with Gasteiger partial charge in [-0.05, 0) is 69.1 Å². The lowest BCUT2D eigenvalue weighted by Gasteiger charge is -2.38. The molecule has 0 aromatic heterocycles. The fourth-order valence-corrected chi connectivity index (χ4v) is 3.13. The normalized spacial score (nSPS) is 24.3. The summed E-state index contributed by atoms with van der Waals surface area (Å²) in [6.45, 7) is 15.2. The van der Waals surface area contributed by atoms with E-state index in [2.05, 4.69) is 39.8 Å². The van der Waals surface area contributed by atoms with Crippen LogP contribution in [0, 0.1) is 36.0 Å². The van der Waals surface area contributed by atoms with Crippen LogP contribution in [0.4, 0.5) is 0 Å². The molecule has 1 saturated carbocycles. The van der Waals surface area contributed by atoms with Gasteiger partial charge in [0.15, 0.2) is 0 Å². The zero-order valence-corrected chi connectivity index (χ0v) is 13.8. The van der Waals surface area contributed by atoms with Crippen LogP contribution < -0.4 is 0 Å². The van der Waals surface area contributed by atoms with Crippen molar-refractivity contribution in [2.24, 2.45) is 23.7 Å². The van der Waals surface area contributed by atoms with Gasteiger partial charge in [-0.15, -0.1) is 18.9 Å². The molecule has 0 aromatic rings. The lowest BCUT2D eigenvalue weighted by Crippen LogP contribution is -2.26. The highest BCUT2D eigenvalue weighted by molar-refractivity contribution is 5.07. The van der Waals surface area contributed by atoms with Crippen molar-refractivity contribution in [2.75, 3.05) is 0 Å². The first-order chi connectivity index (χ1) is 9.43. The van der Waals surface area contributed by atoms with Crippen molar-refractivity contribution in [1.29, 1.82) is 0 Å². The summed E-state index contributed by atoms with van der Waals surface area (Å²) in [5.41, 5.74) is 2.79. The number of terminal acetylenes is 1. The minimum atomic E-state index is 0.742. The molecule has 0 heterocycles. The van der Waals surface area contributed by atoms with E-state index in [1.807, 2.05) is 0 Å². The zero-order valence-electron chi connectivity index (χ0n) is 13.8. The third-order valence-corrected chi connectivity index (χ3v) is 5.09. The van der Waals surface area contributed by atoms with Crippen LogP contribution in [0.15, 0.2) is 24.3 Å². The Morgan fingerprint density at radius 2 is 1.90 bits per heavy atom. The van der Waals surface area contributed by atoms with E-state index in [4.69, 9.17) is 6.42 Å². The number of hydrogen-bond donors (Lipinski definition) is 0. The second-order valence-corrected chi connectivity index (χ2v) is 7.09. The molecule has 2 atom stereocenters. The van der Waals surface area contributed by atoms with Crippen LogP contribution in [0.1, 0.15) is 65.7 Å². The molecule has 0 amide bonds. The maximum absolute atomic E-state index is 5.33. The summed E-state index contributed by atoms with van der Waals surface area (Å²) in [6.07, 6.45) is 13.8. The van der Waals surface area contributed by atoms with Gasteiger partial charge in [-0.1, -0.05) is 31.6 Å². The second-order valence-electron chi connectivity index (χ2n) is 7.09. The molecule has 2 unspecified atom stereocenters. The molecule has 0 radical (unpaired) electrons. The Hall–Kier alpha value is -0.960. The Morgan fingerprint density at radius 3 is 2.45 bits per heavy atom. The molecule has 0 spiro atoms. The van der Waals surface area contributed by atoms with Gasteiger partial charge in [-0.25, -0.2) is 0 Å². The van der Waals surface area contributed by atoms with Crippen LogP contribution >= 0.6 is 0 Å². The predicted molar refractivity (Wildman–Crippen MR) is 90.4 cm³/mol. The van der Waals surface area contributed by atoms with Crippen LogP contribution in [0.3, 0.4) is 0 Å². The van der Waals surface area contributed by atoms with E-state index in [-0.39, 0.29) is 0 Å². The van der Waals surface area contributed by atoms with E-state index in [1.54, 1.807) is 0 Å². The maximum Gasteiger partial charge on any atom is 0.00887 e. The van der Waals surface area contributed by atoms with Crippen LogP contribution in [-0.4, -0.2) is 0 Å². The molecular weight excluding hydrogens is 240 g/mol. The van der Waals surface area contributed by atoms with E-state index in [0.717, 1.165) is 36.5 Å². The molecule has 0 aromatic carbocycles. The van der Waals surface area contributed by atoms with Gasteiger partial charge in [-0.3, -0.25) is 0 Å². The molecule has 0 nitrogen and oxygen atoms in total. The lowest BCUT2D eigenvalue weighted by atomic mass is 9.68. The van der Waals surface area contributed by atoms with Crippen molar-refractivity contribution in [2.45, 2.75) is 65.7 Å². The maximum atomic E-state index is 5.33. The quantitative estimate of drug-likeness (QED) is 0.356. The van der Waals surface area contributed by atoms with Gasteiger partial charge in [-0.2, -0.15) is 0 Å². The van der Waals surface area contributed by atoms with Crippen molar-refractivity contribution in [1.82, 2.24) is 0 Å². The highest BCUT2D eigenvalue weighted by Crippen LogP contribution is 2.43. The van der Waals surface area contributed by atoms with E-state index >= 15 is 0 Å². The highest BCUT2D eigenvalue weighted by atomic mass is 14.4. The van der Waals surface area contributed by atoms with Gasteiger partial charge in [0.2, 0.25) is 0 Å². The van der Waals surface area contributed by atoms with Crippen LogP contribution in [0.25, 0.3) is 0 Å². The average molecular weight is 272 g/mol. The van der Waals surface area contributed by atoms with Crippen molar-refractivity contribution < 1.29 is 0 Å². The Bertz CT molecular complexity index is 362. The first-order valence-electron chi connectivity index (χ1n) is 8.19. The first kappa shape index (κ1) is 17.1. The smallest absolute Gasteiger partial charge is 0.00887 e. The van der Waals surface area contributed by atoms with Crippen LogP contribution in [0.5, 0.6) is 0 Å². The third kappa shape index (κ3) is 5.58. The molecule has 20 heavy (non-hydrogen) atoms. The Kier molecular flexibility index (Phi) is 7.14. The number of allylic oxidation sites excluding steroid dienone is 2. The molecule has 0 bridgehead atoms. The van der Waals surface area contributed by atoms with Gasteiger partial charge in [0.1, 0.15) is 0 Å². The molecular formula is C20H32. The van der Waals surface area contributed by atoms with Crippen LogP contribution in [0.2, 0.25) is 0 Å². The first-order valence-corrected chi connectivity index (χ1v) is 8.19. The lowest BCUT2D eigenvalue weighted by molar-refractivity contribution is 0.205. The molecule has 112 valence electrons. The van der Waals surface area contributed by atoms with Gasteiger partial charge in [0.05, 0.1) is 0 Å². The van der Waals surface area contributed by atoms with E-state index in [1.165, 1.54) is 43.3 Å². The van der Waals surface area contributed by atoms with Crippen molar-refractivity contribution in [3.63, 3.8) is 0 Å². The summed E-state index contributed by atoms with van der Waals surface area (Å²) in [6, 6.07) is 0. The zero-order chi connectivity index (χ0) is 15.1. The number of hydrogen-bond acceptors (Lipinski definition) is 0. The second kappa shape index (κ2) is 8.35. The number of rotatable bonds is 9.